The van der Waals surface area contributed by atoms with Gasteiger partial charge in [-0.15, -0.1) is 0 Å². The number of aliphatic carboxylic acids is 1. The summed E-state index contributed by atoms with van der Waals surface area (Å²) < 4.78 is 0. The number of hydrogen-bond acceptors (Lipinski definition) is 3. The Hall–Kier alpha value is -1.29. The molecule has 0 bridgehead atoms. The summed E-state index contributed by atoms with van der Waals surface area (Å²) in [5.74, 6) is 0.0183. The van der Waals surface area contributed by atoms with Crippen molar-refractivity contribution in [2.75, 3.05) is 6.54 Å². The van der Waals surface area contributed by atoms with Crippen LogP contribution in [0.3, 0.4) is 0 Å². The molecular weight excluding hydrogens is 168 g/mol. The highest BCUT2D eigenvalue weighted by Gasteiger charge is 2.43. The molecule has 4 heteroatoms. The van der Waals surface area contributed by atoms with Crippen LogP contribution in [0.25, 0.3) is 0 Å². The zero-order valence-electron chi connectivity index (χ0n) is 7.00. The molecular formula is C9H10N2O2. The molecule has 0 aromatic carbocycles. The number of hydrogen-bond donors (Lipinski definition) is 3. The number of rotatable bonds is 1. The molecule has 68 valence electrons. The van der Waals surface area contributed by atoms with Crippen molar-refractivity contribution in [1.82, 2.24) is 10.9 Å². The molecule has 0 amide bonds. The van der Waals surface area contributed by atoms with Crippen LogP contribution in [-0.2, 0) is 4.79 Å². The number of nitrogens with one attached hydrogen (secondary N) is 2. The highest BCUT2D eigenvalue weighted by atomic mass is 16.4. The Kier molecular flexibility index (Phi) is 1.18. The summed E-state index contributed by atoms with van der Waals surface area (Å²) >= 11 is 0. The minimum absolute atomic E-state index is 0.374. The third kappa shape index (κ3) is 0.862. The predicted octanol–water partition coefficient (Wildman–Crippen LogP) is 0.00900. The molecule has 2 aliphatic carbocycles. The van der Waals surface area contributed by atoms with Gasteiger partial charge in [-0.25, -0.2) is 10.2 Å². The van der Waals surface area contributed by atoms with Crippen LogP contribution in [0.5, 0.6) is 0 Å². The quantitative estimate of drug-likeness (QED) is 0.529. The first kappa shape index (κ1) is 7.15. The second-order valence-corrected chi connectivity index (χ2v) is 3.76. The maximum atomic E-state index is 11.0. The molecule has 2 unspecified atom stereocenters. The summed E-state index contributed by atoms with van der Waals surface area (Å²) in [5, 5.41) is 9.02. The van der Waals surface area contributed by atoms with Crippen LogP contribution >= 0.6 is 0 Å². The second kappa shape index (κ2) is 2.14. The van der Waals surface area contributed by atoms with Gasteiger partial charge in [0, 0.05) is 24.1 Å². The van der Waals surface area contributed by atoms with E-state index in [0.717, 1.165) is 24.2 Å². The van der Waals surface area contributed by atoms with Crippen LogP contribution in [-0.4, -0.2) is 17.6 Å². The van der Waals surface area contributed by atoms with Gasteiger partial charge in [0.05, 0.1) is 5.57 Å². The number of carboxylic acids is 1. The van der Waals surface area contributed by atoms with E-state index in [9.17, 15) is 4.79 Å². The normalized spacial score (nSPS) is 34.6. The fourth-order valence-electron chi connectivity index (χ4n) is 2.27. The summed E-state index contributed by atoms with van der Waals surface area (Å²) in [4.78, 5) is 11.0. The van der Waals surface area contributed by atoms with E-state index in [1.165, 1.54) is 0 Å². The van der Waals surface area contributed by atoms with E-state index >= 15 is 0 Å². The Morgan fingerprint density at radius 1 is 1.62 bits per heavy atom. The van der Waals surface area contributed by atoms with Crippen molar-refractivity contribution >= 4 is 5.97 Å². The fraction of sp³-hybridized carbons (Fsp3) is 0.444. The molecule has 0 saturated carbocycles. The number of carboxylic acid groups (broad SMARTS) is 1. The molecule has 1 heterocycles. The standard InChI is InChI=1S/C9H10N2O2/c12-9(13)7-6-2-4(6)1-5-3-10-11-8(5)7/h2,4-5,10-11H,1,3H2,(H,12,13). The van der Waals surface area contributed by atoms with E-state index in [1.54, 1.807) is 0 Å². The van der Waals surface area contributed by atoms with Gasteiger partial charge in [-0.05, 0) is 12.0 Å². The van der Waals surface area contributed by atoms with Gasteiger partial charge in [-0.1, -0.05) is 6.08 Å². The van der Waals surface area contributed by atoms with Crippen molar-refractivity contribution in [3.8, 4) is 0 Å². The molecule has 0 aromatic heterocycles. The first-order chi connectivity index (χ1) is 6.27. The minimum Gasteiger partial charge on any atom is -0.478 e. The largest absolute Gasteiger partial charge is 0.478 e. The van der Waals surface area contributed by atoms with Gasteiger partial charge in [0.1, 0.15) is 0 Å². The van der Waals surface area contributed by atoms with Crippen LogP contribution in [0, 0.1) is 11.8 Å². The van der Waals surface area contributed by atoms with Crippen LogP contribution in [0.4, 0.5) is 0 Å². The molecule has 3 rings (SSSR count). The Bertz CT molecular complexity index is 357. The van der Waals surface area contributed by atoms with Gasteiger partial charge in [0.15, 0.2) is 0 Å². The van der Waals surface area contributed by atoms with Crippen molar-refractivity contribution in [3.63, 3.8) is 0 Å². The number of fused-ring (bicyclic) bond motifs is 2. The van der Waals surface area contributed by atoms with Gasteiger partial charge < -0.3 is 10.5 Å². The van der Waals surface area contributed by atoms with Gasteiger partial charge in [0.25, 0.3) is 0 Å². The maximum absolute atomic E-state index is 11.0. The first-order valence-corrected chi connectivity index (χ1v) is 4.46. The molecule has 1 fully saturated rings. The smallest absolute Gasteiger partial charge is 0.337 e. The average molecular weight is 178 g/mol. The number of hydrazine groups is 1. The van der Waals surface area contributed by atoms with Crippen LogP contribution < -0.4 is 10.9 Å². The number of carbonyl (C=O) groups is 1. The summed E-state index contributed by atoms with van der Waals surface area (Å²) in [7, 11) is 0. The van der Waals surface area contributed by atoms with Gasteiger partial charge in [-0.2, -0.15) is 0 Å². The second-order valence-electron chi connectivity index (χ2n) is 3.76. The molecule has 13 heavy (non-hydrogen) atoms. The lowest BCUT2D eigenvalue weighted by Crippen LogP contribution is -2.23. The van der Waals surface area contributed by atoms with Crippen molar-refractivity contribution in [2.45, 2.75) is 6.42 Å². The topological polar surface area (TPSA) is 61.4 Å². The monoisotopic (exact) mass is 178 g/mol. The molecule has 1 aliphatic heterocycles. The molecule has 0 radical (unpaired) electrons. The minimum atomic E-state index is -0.801. The summed E-state index contributed by atoms with van der Waals surface area (Å²) in [6, 6.07) is 0. The lowest BCUT2D eigenvalue weighted by atomic mass is 9.87. The van der Waals surface area contributed by atoms with Crippen molar-refractivity contribution in [1.29, 1.82) is 0 Å². The van der Waals surface area contributed by atoms with Gasteiger partial charge in [-0.3, -0.25) is 0 Å². The van der Waals surface area contributed by atoms with Gasteiger partial charge in [0.2, 0.25) is 0 Å². The Morgan fingerprint density at radius 3 is 3.23 bits per heavy atom. The van der Waals surface area contributed by atoms with E-state index in [-0.39, 0.29) is 0 Å². The van der Waals surface area contributed by atoms with Crippen LogP contribution in [0.2, 0.25) is 0 Å². The predicted molar refractivity (Wildman–Crippen MR) is 45.5 cm³/mol. The molecule has 1 saturated heterocycles. The highest BCUT2D eigenvalue weighted by Crippen LogP contribution is 2.47. The molecule has 2 atom stereocenters. The molecule has 3 aliphatic rings. The van der Waals surface area contributed by atoms with Crippen molar-refractivity contribution in [2.24, 2.45) is 11.8 Å². The third-order valence-electron chi connectivity index (χ3n) is 2.96. The van der Waals surface area contributed by atoms with Crippen LogP contribution in [0.15, 0.2) is 22.9 Å². The van der Waals surface area contributed by atoms with E-state index in [1.807, 2.05) is 0 Å². The first-order valence-electron chi connectivity index (χ1n) is 4.46. The molecule has 0 spiro atoms. The molecule has 3 N–H and O–H groups in total. The van der Waals surface area contributed by atoms with Crippen molar-refractivity contribution < 1.29 is 9.90 Å². The lowest BCUT2D eigenvalue weighted by molar-refractivity contribution is -0.132. The van der Waals surface area contributed by atoms with E-state index < -0.39 is 5.97 Å². The van der Waals surface area contributed by atoms with Gasteiger partial charge >= 0.3 is 5.97 Å². The molecule has 4 nitrogen and oxygen atoms in total. The average Bonchev–Trinajstić information content (AvgIpc) is 2.67. The third-order valence-corrected chi connectivity index (χ3v) is 2.96. The fourth-order valence-corrected chi connectivity index (χ4v) is 2.27. The Morgan fingerprint density at radius 2 is 2.46 bits per heavy atom. The zero-order chi connectivity index (χ0) is 9.00. The van der Waals surface area contributed by atoms with Crippen LogP contribution in [0.1, 0.15) is 6.42 Å². The number of allylic oxidation sites excluding steroid dienone is 1. The summed E-state index contributed by atoms with van der Waals surface area (Å²) in [6.07, 6.45) is 3.12. The zero-order valence-corrected chi connectivity index (χ0v) is 7.00. The maximum Gasteiger partial charge on any atom is 0.337 e. The van der Waals surface area contributed by atoms with E-state index in [4.69, 9.17) is 5.11 Å². The van der Waals surface area contributed by atoms with E-state index in [0.29, 0.717) is 17.4 Å². The summed E-state index contributed by atoms with van der Waals surface area (Å²) in [6.45, 7) is 0.851. The highest BCUT2D eigenvalue weighted by molar-refractivity contribution is 5.95. The van der Waals surface area contributed by atoms with Crippen molar-refractivity contribution in [3.05, 3.63) is 22.9 Å². The lowest BCUT2D eigenvalue weighted by Gasteiger charge is -2.18. The Balaban J connectivity index is 2.09. The molecule has 0 aromatic rings. The van der Waals surface area contributed by atoms with E-state index in [2.05, 4.69) is 16.9 Å². The SMILES string of the molecule is O=C(O)C1=C2NNCC2CC2C=C12. The summed E-state index contributed by atoms with van der Waals surface area (Å²) in [5.41, 5.74) is 8.36. The Labute approximate surface area is 75.3 Å².